The van der Waals surface area contributed by atoms with Gasteiger partial charge < -0.3 is 4.90 Å². The Morgan fingerprint density at radius 3 is 2.59 bits per heavy atom. The highest BCUT2D eigenvalue weighted by molar-refractivity contribution is 14.1. The first-order chi connectivity index (χ1) is 8.16. The summed E-state index contributed by atoms with van der Waals surface area (Å²) in [6.07, 6.45) is 0. The molecule has 2 rings (SSSR count). The van der Waals surface area contributed by atoms with Gasteiger partial charge in [0.05, 0.1) is 6.54 Å². The number of nitrogens with zero attached hydrogens (tertiary/aromatic N) is 4. The van der Waals surface area contributed by atoms with Gasteiger partial charge in [0.1, 0.15) is 9.39 Å². The molecule has 0 aliphatic heterocycles. The first-order valence-corrected chi connectivity index (χ1v) is 6.51. The van der Waals surface area contributed by atoms with Crippen molar-refractivity contribution >= 4 is 22.6 Å². The fourth-order valence-electron chi connectivity index (χ4n) is 1.59. The van der Waals surface area contributed by atoms with Crippen molar-refractivity contribution in [1.29, 1.82) is 0 Å². The molecule has 0 N–H and O–H groups in total. The Balaban J connectivity index is 2.15. The normalized spacial score (nSPS) is 11.1. The predicted octanol–water partition coefficient (Wildman–Crippen LogP) is 1.99. The van der Waals surface area contributed by atoms with E-state index in [1.165, 1.54) is 5.56 Å². The fourth-order valence-corrected chi connectivity index (χ4v) is 2.14. The molecule has 0 radical (unpaired) electrons. The average Bonchev–Trinajstić information content (AvgIpc) is 2.62. The molecular weight excluding hydrogens is 327 g/mol. The topological polar surface area (TPSA) is 34.0 Å². The summed E-state index contributed by atoms with van der Waals surface area (Å²) in [5.74, 6) is 0. The molecule has 0 aliphatic carbocycles. The molecule has 0 saturated carbocycles. The van der Waals surface area contributed by atoms with Gasteiger partial charge in [-0.05, 0) is 42.2 Å². The molecule has 0 atom stereocenters. The highest BCUT2D eigenvalue weighted by Crippen LogP contribution is 2.12. The number of halogens is 1. The van der Waals surface area contributed by atoms with E-state index in [0.717, 1.165) is 22.5 Å². The predicted molar refractivity (Wildman–Crippen MR) is 75.7 cm³/mol. The lowest BCUT2D eigenvalue weighted by Gasteiger charge is -2.07. The third-order valence-electron chi connectivity index (χ3n) is 2.38. The Bertz CT molecular complexity index is 479. The largest absolute Gasteiger partial charge is 0.303 e. The molecule has 0 bridgehead atoms. The van der Waals surface area contributed by atoms with E-state index in [1.54, 1.807) is 0 Å². The molecular formula is C12H15IN4. The van der Waals surface area contributed by atoms with Crippen LogP contribution < -0.4 is 0 Å². The van der Waals surface area contributed by atoms with Crippen LogP contribution in [-0.2, 0) is 13.1 Å². The second-order valence-electron chi connectivity index (χ2n) is 4.21. The van der Waals surface area contributed by atoms with Gasteiger partial charge in [0.2, 0.25) is 0 Å². The molecule has 2 aromatic rings. The van der Waals surface area contributed by atoms with Crippen molar-refractivity contribution in [3.8, 4) is 0 Å². The Morgan fingerprint density at radius 2 is 1.94 bits per heavy atom. The van der Waals surface area contributed by atoms with Crippen LogP contribution in [0.2, 0.25) is 0 Å². The van der Waals surface area contributed by atoms with Gasteiger partial charge in [-0.1, -0.05) is 35.5 Å². The maximum absolute atomic E-state index is 4.22. The van der Waals surface area contributed by atoms with Crippen molar-refractivity contribution in [2.45, 2.75) is 13.1 Å². The number of hydrogen-bond acceptors (Lipinski definition) is 3. The van der Waals surface area contributed by atoms with Gasteiger partial charge in [-0.3, -0.25) is 0 Å². The Hall–Kier alpha value is -0.950. The van der Waals surface area contributed by atoms with Crippen LogP contribution in [0.25, 0.3) is 0 Å². The van der Waals surface area contributed by atoms with Gasteiger partial charge in [-0.25, -0.2) is 4.68 Å². The third kappa shape index (κ3) is 3.26. The Labute approximate surface area is 115 Å². The standard InChI is InChI=1S/C12H15IN4/c1-16(2)9-11-12(13)17(15-14-11)8-10-6-4-3-5-7-10/h3-7H,8-9H2,1-2H3. The second kappa shape index (κ2) is 5.59. The lowest BCUT2D eigenvalue weighted by Crippen LogP contribution is -2.12. The molecule has 0 amide bonds. The van der Waals surface area contributed by atoms with Crippen LogP contribution in [0.4, 0.5) is 0 Å². The summed E-state index contributed by atoms with van der Waals surface area (Å²) in [5, 5.41) is 8.41. The SMILES string of the molecule is CN(C)Cc1nnn(Cc2ccccc2)c1I. The monoisotopic (exact) mass is 342 g/mol. The fraction of sp³-hybridized carbons (Fsp3) is 0.333. The summed E-state index contributed by atoms with van der Waals surface area (Å²) in [6, 6.07) is 10.3. The lowest BCUT2D eigenvalue weighted by molar-refractivity contribution is 0.395. The Kier molecular flexibility index (Phi) is 4.11. The van der Waals surface area contributed by atoms with E-state index in [0.29, 0.717) is 0 Å². The molecule has 4 nitrogen and oxygen atoms in total. The van der Waals surface area contributed by atoms with Gasteiger partial charge in [-0.15, -0.1) is 5.10 Å². The van der Waals surface area contributed by atoms with Crippen LogP contribution >= 0.6 is 22.6 Å². The summed E-state index contributed by atoms with van der Waals surface area (Å²) in [4.78, 5) is 2.10. The maximum Gasteiger partial charge on any atom is 0.124 e. The summed E-state index contributed by atoms with van der Waals surface area (Å²) in [7, 11) is 4.07. The molecule has 17 heavy (non-hydrogen) atoms. The van der Waals surface area contributed by atoms with Crippen LogP contribution in [0.3, 0.4) is 0 Å². The number of benzene rings is 1. The highest BCUT2D eigenvalue weighted by atomic mass is 127. The molecule has 0 aliphatic rings. The maximum atomic E-state index is 4.22. The highest BCUT2D eigenvalue weighted by Gasteiger charge is 2.10. The quantitative estimate of drug-likeness (QED) is 0.797. The number of hydrogen-bond donors (Lipinski definition) is 0. The van der Waals surface area contributed by atoms with Gasteiger partial charge in [0, 0.05) is 6.54 Å². The van der Waals surface area contributed by atoms with Crippen molar-refractivity contribution in [2.75, 3.05) is 14.1 Å². The van der Waals surface area contributed by atoms with Gasteiger partial charge >= 0.3 is 0 Å². The van der Waals surface area contributed by atoms with Crippen LogP contribution in [-0.4, -0.2) is 34.0 Å². The first-order valence-electron chi connectivity index (χ1n) is 5.43. The van der Waals surface area contributed by atoms with Crippen LogP contribution in [0.1, 0.15) is 11.3 Å². The van der Waals surface area contributed by atoms with Crippen molar-refractivity contribution in [1.82, 2.24) is 19.9 Å². The summed E-state index contributed by atoms with van der Waals surface area (Å²) < 4.78 is 3.05. The van der Waals surface area contributed by atoms with Crippen LogP contribution in [0, 0.1) is 3.70 Å². The zero-order valence-corrected chi connectivity index (χ0v) is 12.1. The molecule has 0 spiro atoms. The zero-order chi connectivity index (χ0) is 12.3. The lowest BCUT2D eigenvalue weighted by atomic mass is 10.2. The van der Waals surface area contributed by atoms with Gasteiger partial charge in [0.15, 0.2) is 0 Å². The van der Waals surface area contributed by atoms with E-state index in [-0.39, 0.29) is 0 Å². The molecule has 90 valence electrons. The molecule has 0 unspecified atom stereocenters. The minimum absolute atomic E-state index is 0.777. The van der Waals surface area contributed by atoms with Crippen molar-refractivity contribution < 1.29 is 0 Å². The van der Waals surface area contributed by atoms with Crippen LogP contribution in [0.5, 0.6) is 0 Å². The van der Waals surface area contributed by atoms with Crippen molar-refractivity contribution in [3.63, 3.8) is 0 Å². The summed E-state index contributed by atoms with van der Waals surface area (Å²) >= 11 is 2.31. The van der Waals surface area contributed by atoms with E-state index in [1.807, 2.05) is 37.0 Å². The van der Waals surface area contributed by atoms with E-state index in [4.69, 9.17) is 0 Å². The van der Waals surface area contributed by atoms with E-state index >= 15 is 0 Å². The average molecular weight is 342 g/mol. The van der Waals surface area contributed by atoms with E-state index in [9.17, 15) is 0 Å². The van der Waals surface area contributed by atoms with Gasteiger partial charge in [0.25, 0.3) is 0 Å². The van der Waals surface area contributed by atoms with E-state index in [2.05, 4.69) is 49.9 Å². The number of aromatic nitrogens is 3. The molecule has 0 saturated heterocycles. The minimum atomic E-state index is 0.777. The van der Waals surface area contributed by atoms with Gasteiger partial charge in [-0.2, -0.15) is 0 Å². The van der Waals surface area contributed by atoms with Crippen LogP contribution in [0.15, 0.2) is 30.3 Å². The molecule has 0 fully saturated rings. The Morgan fingerprint density at radius 1 is 1.24 bits per heavy atom. The van der Waals surface area contributed by atoms with Crippen molar-refractivity contribution in [3.05, 3.63) is 45.3 Å². The first kappa shape index (κ1) is 12.5. The van der Waals surface area contributed by atoms with E-state index < -0.39 is 0 Å². The number of rotatable bonds is 4. The smallest absolute Gasteiger partial charge is 0.124 e. The second-order valence-corrected chi connectivity index (χ2v) is 5.23. The zero-order valence-electron chi connectivity index (χ0n) is 9.97. The molecule has 1 aromatic carbocycles. The minimum Gasteiger partial charge on any atom is -0.303 e. The third-order valence-corrected chi connectivity index (χ3v) is 3.56. The molecule has 5 heteroatoms. The summed E-state index contributed by atoms with van der Waals surface area (Å²) in [6.45, 7) is 1.60. The summed E-state index contributed by atoms with van der Waals surface area (Å²) in [5.41, 5.74) is 2.28. The molecule has 1 aromatic heterocycles. The van der Waals surface area contributed by atoms with Crippen molar-refractivity contribution in [2.24, 2.45) is 0 Å². The molecule has 1 heterocycles.